The van der Waals surface area contributed by atoms with Gasteiger partial charge in [0.1, 0.15) is 41.9 Å². The summed E-state index contributed by atoms with van der Waals surface area (Å²) in [5.41, 5.74) is 0.545. The minimum Gasteiger partial charge on any atom is -0.497 e. The molecule has 1 aliphatic carbocycles. The average molecular weight is 744 g/mol. The van der Waals surface area contributed by atoms with Gasteiger partial charge in [0.2, 0.25) is 11.8 Å². The maximum atomic E-state index is 14.9. The highest BCUT2D eigenvalue weighted by Gasteiger charge is 2.51. The summed E-state index contributed by atoms with van der Waals surface area (Å²) in [6, 6.07) is 7.91. The Labute approximate surface area is 306 Å². The van der Waals surface area contributed by atoms with Crippen LogP contribution in [0.5, 0.6) is 17.2 Å². The van der Waals surface area contributed by atoms with Crippen molar-refractivity contribution in [2.24, 2.45) is 18.4 Å². The van der Waals surface area contributed by atoms with Crippen LogP contribution in [0.1, 0.15) is 86.0 Å². The van der Waals surface area contributed by atoms with Crippen LogP contribution in [0.15, 0.2) is 30.3 Å². The third kappa shape index (κ3) is 7.26. The van der Waals surface area contributed by atoms with Gasteiger partial charge in [-0.2, -0.15) is 0 Å². The molecule has 3 heterocycles. The number of alkyl halides is 2. The lowest BCUT2D eigenvalue weighted by molar-refractivity contribution is -0.169. The molecule has 2 aromatic carbocycles. The number of aryl methyl sites for hydroxylation is 1. The Balaban J connectivity index is 1.30. The molecule has 6 rings (SSSR count). The number of benzene rings is 2. The molecular formula is C37H44ClF2N5O7. The third-order valence-electron chi connectivity index (χ3n) is 10.8. The topological polar surface area (TPSA) is 125 Å². The van der Waals surface area contributed by atoms with Gasteiger partial charge in [-0.15, -0.1) is 5.10 Å². The van der Waals surface area contributed by atoms with Crippen molar-refractivity contribution in [2.75, 3.05) is 33.9 Å². The Hall–Kier alpha value is -4.46. The van der Waals surface area contributed by atoms with Crippen LogP contribution in [0, 0.1) is 11.3 Å². The van der Waals surface area contributed by atoms with Crippen molar-refractivity contribution < 1.29 is 42.1 Å². The highest BCUT2D eigenvalue weighted by Crippen LogP contribution is 2.47. The SMILES string of the molecule is COc1ccc(COC(=O)[C@@]2(C)CCCC[C@H]2C(=O)N2CCc3c(Cl)ccc(OCc4nnn(C)c4C(F)F)c3C2CN2CCCC2=O)c(OC)c1. The molecule has 1 saturated heterocycles. The van der Waals surface area contributed by atoms with E-state index in [0.717, 1.165) is 23.1 Å². The van der Waals surface area contributed by atoms with Crippen LogP contribution >= 0.6 is 11.6 Å². The number of amides is 2. The molecule has 0 radical (unpaired) electrons. The average Bonchev–Trinajstić information content (AvgIpc) is 3.73. The Morgan fingerprint density at radius 1 is 1.04 bits per heavy atom. The van der Waals surface area contributed by atoms with Gasteiger partial charge in [0.05, 0.1) is 31.6 Å². The molecule has 3 atom stereocenters. The Bertz CT molecular complexity index is 1820. The Morgan fingerprint density at radius 3 is 2.56 bits per heavy atom. The fraction of sp³-hybridized carbons (Fsp3) is 0.541. The molecule has 52 heavy (non-hydrogen) atoms. The van der Waals surface area contributed by atoms with Gasteiger partial charge in [-0.05, 0) is 62.4 Å². The second-order valence-electron chi connectivity index (χ2n) is 13.8. The molecule has 1 unspecified atom stereocenters. The minimum absolute atomic E-state index is 0.0139. The number of rotatable bonds is 12. The lowest BCUT2D eigenvalue weighted by atomic mass is 9.66. The van der Waals surface area contributed by atoms with Crippen molar-refractivity contribution in [3.8, 4) is 17.2 Å². The van der Waals surface area contributed by atoms with E-state index in [-0.39, 0.29) is 43.0 Å². The molecule has 2 amide bonds. The monoisotopic (exact) mass is 743 g/mol. The molecule has 1 saturated carbocycles. The molecule has 12 nitrogen and oxygen atoms in total. The number of halogens is 3. The summed E-state index contributed by atoms with van der Waals surface area (Å²) in [6.45, 7) is 2.47. The van der Waals surface area contributed by atoms with Crippen molar-refractivity contribution in [3.63, 3.8) is 0 Å². The van der Waals surface area contributed by atoms with Gasteiger partial charge in [0.25, 0.3) is 6.43 Å². The number of carbonyl (C=O) groups is 3. The molecule has 0 N–H and O–H groups in total. The highest BCUT2D eigenvalue weighted by molar-refractivity contribution is 6.31. The summed E-state index contributed by atoms with van der Waals surface area (Å²) in [5, 5.41) is 8.11. The van der Waals surface area contributed by atoms with Gasteiger partial charge >= 0.3 is 5.97 Å². The zero-order valence-corrected chi connectivity index (χ0v) is 30.6. The van der Waals surface area contributed by atoms with Crippen LogP contribution in [-0.2, 0) is 45.8 Å². The standard InChI is InChI=1S/C37H44ClF2N5O7/c1-37(36(48)52-20-22-10-11-23(49-3)18-30(22)50-4)15-6-5-8-25(37)35(47)45-17-14-24-26(38)12-13-29(32(24)28(45)19-44-16-7-9-31(44)46)51-21-27-33(34(39)40)43(2)42-41-27/h10-13,18,25,28,34H,5-9,14-17,19-21H2,1-4H3/t25-,28?,37-/m0/s1. The number of likely N-dealkylation sites (tertiary alicyclic amines) is 1. The second kappa shape index (κ2) is 15.6. The quantitative estimate of drug-likeness (QED) is 0.206. The lowest BCUT2D eigenvalue weighted by Gasteiger charge is -2.45. The van der Waals surface area contributed by atoms with Crippen molar-refractivity contribution in [1.82, 2.24) is 24.8 Å². The predicted molar refractivity (Wildman–Crippen MR) is 185 cm³/mol. The zero-order chi connectivity index (χ0) is 37.2. The van der Waals surface area contributed by atoms with E-state index in [1.807, 2.05) is 0 Å². The van der Waals surface area contributed by atoms with E-state index in [1.165, 1.54) is 14.2 Å². The van der Waals surface area contributed by atoms with E-state index < -0.39 is 29.8 Å². The van der Waals surface area contributed by atoms with Gasteiger partial charge < -0.3 is 28.7 Å². The van der Waals surface area contributed by atoms with Gasteiger partial charge in [-0.3, -0.25) is 14.4 Å². The summed E-state index contributed by atoms with van der Waals surface area (Å²) in [6.07, 6.45) is 1.14. The Kier molecular flexibility index (Phi) is 11.2. The molecule has 1 aromatic heterocycles. The first-order valence-electron chi connectivity index (χ1n) is 17.5. The molecule has 3 aliphatic rings. The first kappa shape index (κ1) is 37.3. The third-order valence-corrected chi connectivity index (χ3v) is 11.1. The van der Waals surface area contributed by atoms with Crippen LogP contribution in [-0.4, -0.2) is 76.4 Å². The number of fused-ring (bicyclic) bond motifs is 1. The number of methoxy groups -OCH3 is 2. The Morgan fingerprint density at radius 2 is 1.85 bits per heavy atom. The molecule has 2 aliphatic heterocycles. The van der Waals surface area contributed by atoms with E-state index in [0.29, 0.717) is 78.6 Å². The number of esters is 1. The summed E-state index contributed by atoms with van der Waals surface area (Å²) in [7, 11) is 4.47. The van der Waals surface area contributed by atoms with Crippen LogP contribution in [0.25, 0.3) is 0 Å². The van der Waals surface area contributed by atoms with Gasteiger partial charge in [-0.25, -0.2) is 13.5 Å². The van der Waals surface area contributed by atoms with Gasteiger partial charge in [0, 0.05) is 55.3 Å². The van der Waals surface area contributed by atoms with E-state index in [4.69, 9.17) is 30.5 Å². The van der Waals surface area contributed by atoms with E-state index in [9.17, 15) is 23.2 Å². The van der Waals surface area contributed by atoms with Crippen LogP contribution in [0.4, 0.5) is 8.78 Å². The molecule has 3 aromatic rings. The highest BCUT2D eigenvalue weighted by atomic mass is 35.5. The molecule has 280 valence electrons. The summed E-state index contributed by atoms with van der Waals surface area (Å²) in [5.74, 6) is 0.0552. The summed E-state index contributed by atoms with van der Waals surface area (Å²) >= 11 is 6.76. The lowest BCUT2D eigenvalue weighted by Crippen LogP contribution is -2.53. The first-order chi connectivity index (χ1) is 25.0. The number of hydrogen-bond donors (Lipinski definition) is 0. The number of carbonyl (C=O) groups excluding carboxylic acids is 3. The number of nitrogens with zero attached hydrogens (tertiary/aromatic N) is 5. The van der Waals surface area contributed by atoms with Crippen molar-refractivity contribution >= 4 is 29.4 Å². The number of ether oxygens (including phenoxy) is 4. The molecule has 0 spiro atoms. The van der Waals surface area contributed by atoms with Gasteiger partial charge in [0.15, 0.2) is 0 Å². The molecule has 0 bridgehead atoms. The number of hydrogen-bond acceptors (Lipinski definition) is 9. The fourth-order valence-corrected chi connectivity index (χ4v) is 8.10. The molecule has 2 fully saturated rings. The summed E-state index contributed by atoms with van der Waals surface area (Å²) < 4.78 is 51.6. The van der Waals surface area contributed by atoms with Crippen LogP contribution < -0.4 is 14.2 Å². The minimum atomic E-state index is -2.81. The fourth-order valence-electron chi connectivity index (χ4n) is 7.84. The van der Waals surface area contributed by atoms with Gasteiger partial charge in [-0.1, -0.05) is 29.7 Å². The van der Waals surface area contributed by atoms with Crippen LogP contribution in [0.2, 0.25) is 5.02 Å². The van der Waals surface area contributed by atoms with E-state index in [1.54, 1.807) is 54.2 Å². The summed E-state index contributed by atoms with van der Waals surface area (Å²) in [4.78, 5) is 45.3. The van der Waals surface area contributed by atoms with Crippen LogP contribution in [0.3, 0.4) is 0 Å². The number of aromatic nitrogens is 3. The van der Waals surface area contributed by atoms with Crippen molar-refractivity contribution in [1.29, 1.82) is 0 Å². The largest absolute Gasteiger partial charge is 0.497 e. The second-order valence-corrected chi connectivity index (χ2v) is 14.2. The normalized spacial score (nSPS) is 21.7. The van der Waals surface area contributed by atoms with E-state index >= 15 is 0 Å². The van der Waals surface area contributed by atoms with E-state index in [2.05, 4.69) is 10.3 Å². The predicted octanol–water partition coefficient (Wildman–Crippen LogP) is 5.99. The first-order valence-corrected chi connectivity index (χ1v) is 17.9. The van der Waals surface area contributed by atoms with Crippen molar-refractivity contribution in [2.45, 2.75) is 77.6 Å². The molecule has 15 heteroatoms. The zero-order valence-electron chi connectivity index (χ0n) is 29.8. The maximum absolute atomic E-state index is 14.9. The van der Waals surface area contributed by atoms with Crippen molar-refractivity contribution in [3.05, 3.63) is 63.4 Å². The smallest absolute Gasteiger partial charge is 0.312 e. The molecular weight excluding hydrogens is 700 g/mol. The maximum Gasteiger partial charge on any atom is 0.312 e.